The van der Waals surface area contributed by atoms with Crippen molar-refractivity contribution in [2.45, 2.75) is 12.8 Å². The number of nitrogens with two attached hydrogens (primary N) is 2. The summed E-state index contributed by atoms with van der Waals surface area (Å²) in [7, 11) is 0. The molecule has 6 nitrogen and oxygen atoms in total. The van der Waals surface area contributed by atoms with Crippen LogP contribution in [0, 0.1) is 18.3 Å². The van der Waals surface area contributed by atoms with Crippen molar-refractivity contribution in [2.24, 2.45) is 0 Å². The van der Waals surface area contributed by atoms with Gasteiger partial charge in [0.05, 0.1) is 22.2 Å². The van der Waals surface area contributed by atoms with Crippen LogP contribution in [0.15, 0.2) is 60.7 Å². The molecule has 32 heavy (non-hydrogen) atoms. The van der Waals surface area contributed by atoms with Gasteiger partial charge in [-0.15, -0.1) is 0 Å². The molecular weight excluding hydrogens is 398 g/mol. The van der Waals surface area contributed by atoms with Crippen LogP contribution in [0.3, 0.4) is 0 Å². The minimum Gasteiger partial charge on any atom is -0.437 e. The number of nitrogens with one attached hydrogen (secondary N) is 1. The summed E-state index contributed by atoms with van der Waals surface area (Å²) >= 11 is 0. The predicted octanol–water partition coefficient (Wildman–Crippen LogP) is 5.35. The van der Waals surface area contributed by atoms with Crippen LogP contribution in [0.1, 0.15) is 33.7 Å². The number of ether oxygens (including phenoxy) is 1. The summed E-state index contributed by atoms with van der Waals surface area (Å²) in [5, 5.41) is 11.7. The largest absolute Gasteiger partial charge is 0.437 e. The lowest BCUT2D eigenvalue weighted by Gasteiger charge is -2.30. The zero-order chi connectivity index (χ0) is 22.0. The van der Waals surface area contributed by atoms with Gasteiger partial charge in [-0.3, -0.25) is 0 Å². The van der Waals surface area contributed by atoms with E-state index in [9.17, 15) is 5.26 Å². The molecule has 1 atom stereocenters. The summed E-state index contributed by atoms with van der Waals surface area (Å²) in [5.74, 6) is 0.900. The Bertz CT molecular complexity index is 1590. The second-order valence-corrected chi connectivity index (χ2v) is 8.14. The average Bonchev–Trinajstić information content (AvgIpc) is 3.18. The molecule has 0 bridgehead atoms. The number of rotatable bonds is 1. The molecule has 1 unspecified atom stereocenters. The van der Waals surface area contributed by atoms with Gasteiger partial charge in [0.25, 0.3) is 0 Å². The Morgan fingerprint density at radius 3 is 2.56 bits per heavy atom. The van der Waals surface area contributed by atoms with Crippen LogP contribution in [0.2, 0.25) is 0 Å². The predicted molar refractivity (Wildman–Crippen MR) is 126 cm³/mol. The third kappa shape index (κ3) is 2.42. The standard InChI is InChI=1S/C26H19N5O/c1-13-6-8-14(9-7-13)20-16-10-11-19-21(15-4-2-3-5-18(15)30-19)24(16)32-26-22(20)23(28)17(12-27)25(29)31-26/h2-11,20,30H,1H3,(H4,28,29,31). The minimum atomic E-state index is -0.243. The molecule has 6 rings (SSSR count). The van der Waals surface area contributed by atoms with E-state index in [1.54, 1.807) is 0 Å². The van der Waals surface area contributed by atoms with Gasteiger partial charge in [-0.25, -0.2) is 0 Å². The Kier molecular flexibility index (Phi) is 3.71. The topological polar surface area (TPSA) is 114 Å². The van der Waals surface area contributed by atoms with Crippen LogP contribution in [0.25, 0.3) is 21.8 Å². The molecule has 5 N–H and O–H groups in total. The van der Waals surface area contributed by atoms with E-state index in [0.29, 0.717) is 17.1 Å². The second-order valence-electron chi connectivity index (χ2n) is 8.14. The fraction of sp³-hybridized carbons (Fsp3) is 0.0769. The van der Waals surface area contributed by atoms with Crippen molar-refractivity contribution in [1.29, 1.82) is 5.26 Å². The number of hydrogen-bond acceptors (Lipinski definition) is 5. The summed E-state index contributed by atoms with van der Waals surface area (Å²) in [6.45, 7) is 2.05. The zero-order valence-electron chi connectivity index (χ0n) is 17.3. The number of nitriles is 1. The van der Waals surface area contributed by atoms with Crippen molar-refractivity contribution < 1.29 is 4.74 Å². The van der Waals surface area contributed by atoms with Crippen molar-refractivity contribution in [3.05, 3.63) is 88.5 Å². The number of aromatic amines is 1. The van der Waals surface area contributed by atoms with E-state index in [1.807, 2.05) is 18.2 Å². The molecule has 1 aliphatic rings. The average molecular weight is 417 g/mol. The number of pyridine rings is 1. The fourth-order valence-electron chi connectivity index (χ4n) is 4.71. The van der Waals surface area contributed by atoms with E-state index < -0.39 is 0 Å². The van der Waals surface area contributed by atoms with Gasteiger partial charge in [0.2, 0.25) is 5.88 Å². The zero-order valence-corrected chi connectivity index (χ0v) is 17.3. The second kappa shape index (κ2) is 6.50. The van der Waals surface area contributed by atoms with E-state index >= 15 is 0 Å². The van der Waals surface area contributed by atoms with Gasteiger partial charge in [0.15, 0.2) is 0 Å². The summed E-state index contributed by atoms with van der Waals surface area (Å²) < 4.78 is 6.39. The molecule has 0 spiro atoms. The normalized spacial score (nSPS) is 14.6. The van der Waals surface area contributed by atoms with Crippen molar-refractivity contribution in [1.82, 2.24) is 9.97 Å². The molecule has 0 amide bonds. The van der Waals surface area contributed by atoms with Crippen LogP contribution in [0.4, 0.5) is 11.5 Å². The Balaban J connectivity index is 1.73. The van der Waals surface area contributed by atoms with Crippen molar-refractivity contribution >= 4 is 33.3 Å². The maximum absolute atomic E-state index is 9.63. The number of benzene rings is 3. The molecular formula is C26H19N5O. The first kappa shape index (κ1) is 18.3. The van der Waals surface area contributed by atoms with Crippen molar-refractivity contribution in [3.63, 3.8) is 0 Å². The molecule has 3 heterocycles. The summed E-state index contributed by atoms with van der Waals surface area (Å²) in [5.41, 5.74) is 18.9. The van der Waals surface area contributed by atoms with Crippen LogP contribution < -0.4 is 16.2 Å². The van der Waals surface area contributed by atoms with Gasteiger partial charge in [0, 0.05) is 22.4 Å². The quantitative estimate of drug-likeness (QED) is 0.334. The van der Waals surface area contributed by atoms with E-state index in [4.69, 9.17) is 16.2 Å². The maximum atomic E-state index is 9.63. The molecule has 0 fully saturated rings. The molecule has 0 aliphatic carbocycles. The molecule has 0 saturated heterocycles. The molecule has 5 aromatic rings. The van der Waals surface area contributed by atoms with E-state index in [0.717, 1.165) is 44.2 Å². The molecule has 6 heteroatoms. The number of nitrogen functional groups attached to an aromatic ring is 2. The number of anilines is 2. The first-order valence-corrected chi connectivity index (χ1v) is 10.3. The van der Waals surface area contributed by atoms with Gasteiger partial charge in [-0.05, 0) is 24.6 Å². The maximum Gasteiger partial charge on any atom is 0.227 e. The molecule has 154 valence electrons. The van der Waals surface area contributed by atoms with Crippen LogP contribution in [-0.4, -0.2) is 9.97 Å². The first-order valence-electron chi connectivity index (χ1n) is 10.3. The van der Waals surface area contributed by atoms with Crippen molar-refractivity contribution in [3.8, 4) is 17.7 Å². The first-order chi connectivity index (χ1) is 15.6. The molecule has 3 aromatic carbocycles. The number of H-pyrrole nitrogens is 1. The number of para-hydroxylation sites is 1. The Hall–Kier alpha value is -4.50. The van der Waals surface area contributed by atoms with Crippen LogP contribution >= 0.6 is 0 Å². The number of aromatic nitrogens is 2. The lowest BCUT2D eigenvalue weighted by atomic mass is 9.81. The number of nitrogens with zero attached hydrogens (tertiary/aromatic N) is 2. The van der Waals surface area contributed by atoms with Gasteiger partial charge in [0.1, 0.15) is 23.2 Å². The van der Waals surface area contributed by atoms with E-state index in [-0.39, 0.29) is 17.3 Å². The van der Waals surface area contributed by atoms with E-state index in [1.165, 1.54) is 0 Å². The molecule has 0 radical (unpaired) electrons. The molecule has 2 aromatic heterocycles. The lowest BCUT2D eigenvalue weighted by molar-refractivity contribution is 0.441. The minimum absolute atomic E-state index is 0.0703. The third-order valence-corrected chi connectivity index (χ3v) is 6.24. The highest BCUT2D eigenvalue weighted by molar-refractivity contribution is 6.11. The Morgan fingerprint density at radius 2 is 1.78 bits per heavy atom. The SMILES string of the molecule is Cc1ccc(C2c3ccc4[nH]c5ccccc5c4c3Oc3nc(N)c(C#N)c(N)c32)cc1. The molecule has 0 saturated carbocycles. The summed E-state index contributed by atoms with van der Waals surface area (Å²) in [6, 6.07) is 22.7. The van der Waals surface area contributed by atoms with Gasteiger partial charge >= 0.3 is 0 Å². The summed E-state index contributed by atoms with van der Waals surface area (Å²) in [6.07, 6.45) is 0. The van der Waals surface area contributed by atoms with Crippen molar-refractivity contribution in [2.75, 3.05) is 11.5 Å². The fourth-order valence-corrected chi connectivity index (χ4v) is 4.71. The number of fused-ring (bicyclic) bond motifs is 6. The smallest absolute Gasteiger partial charge is 0.227 e. The number of aryl methyl sites for hydroxylation is 1. The third-order valence-electron chi connectivity index (χ3n) is 6.24. The number of hydrogen-bond donors (Lipinski definition) is 3. The monoisotopic (exact) mass is 417 g/mol. The highest BCUT2D eigenvalue weighted by Gasteiger charge is 2.35. The highest BCUT2D eigenvalue weighted by atomic mass is 16.5. The van der Waals surface area contributed by atoms with E-state index in [2.05, 4.69) is 65.4 Å². The Labute approximate surface area is 184 Å². The highest BCUT2D eigenvalue weighted by Crippen LogP contribution is 2.53. The van der Waals surface area contributed by atoms with Gasteiger partial charge in [-0.1, -0.05) is 54.1 Å². The van der Waals surface area contributed by atoms with Crippen LogP contribution in [0.5, 0.6) is 11.6 Å². The van der Waals surface area contributed by atoms with Crippen LogP contribution in [-0.2, 0) is 0 Å². The Morgan fingerprint density at radius 1 is 1.00 bits per heavy atom. The van der Waals surface area contributed by atoms with Gasteiger partial charge < -0.3 is 21.2 Å². The lowest BCUT2D eigenvalue weighted by Crippen LogP contribution is -2.17. The molecule has 1 aliphatic heterocycles. The van der Waals surface area contributed by atoms with Gasteiger partial charge in [-0.2, -0.15) is 10.2 Å². The summed E-state index contributed by atoms with van der Waals surface area (Å²) in [4.78, 5) is 7.91.